The number of hydrogen-bond donors (Lipinski definition) is 0. The molecular formula is C19H19FN2O3. The van der Waals surface area contributed by atoms with Crippen molar-refractivity contribution >= 4 is 11.8 Å². The average Bonchev–Trinajstić information content (AvgIpc) is 3.25. The number of furan rings is 1. The van der Waals surface area contributed by atoms with Crippen molar-refractivity contribution in [3.63, 3.8) is 0 Å². The van der Waals surface area contributed by atoms with E-state index in [-0.39, 0.29) is 29.5 Å². The molecule has 2 amide bonds. The molecule has 0 spiro atoms. The highest BCUT2D eigenvalue weighted by atomic mass is 19.1. The third kappa shape index (κ3) is 3.16. The smallest absolute Gasteiger partial charge is 0.257 e. The van der Waals surface area contributed by atoms with Gasteiger partial charge in [-0.15, -0.1) is 0 Å². The van der Waals surface area contributed by atoms with Crippen molar-refractivity contribution in [1.29, 1.82) is 0 Å². The van der Waals surface area contributed by atoms with E-state index in [1.807, 2.05) is 4.90 Å². The number of hydrogen-bond acceptors (Lipinski definition) is 3. The Labute approximate surface area is 145 Å². The molecule has 1 aromatic heterocycles. The summed E-state index contributed by atoms with van der Waals surface area (Å²) in [6, 6.07) is 8.05. The summed E-state index contributed by atoms with van der Waals surface area (Å²) in [5.74, 6) is 0.00663. The molecule has 0 radical (unpaired) electrons. The number of carbonyl (C=O) groups excluding carboxylic acids is 2. The Morgan fingerprint density at radius 3 is 2.32 bits per heavy atom. The summed E-state index contributed by atoms with van der Waals surface area (Å²) in [6.45, 7) is 2.16. The summed E-state index contributed by atoms with van der Waals surface area (Å²) in [7, 11) is 0. The van der Waals surface area contributed by atoms with Crippen LogP contribution >= 0.6 is 0 Å². The first kappa shape index (κ1) is 15.9. The first-order valence-electron chi connectivity index (χ1n) is 8.49. The summed E-state index contributed by atoms with van der Waals surface area (Å²) in [4.78, 5) is 28.5. The van der Waals surface area contributed by atoms with Crippen LogP contribution < -0.4 is 0 Å². The first-order chi connectivity index (χ1) is 12.1. The third-order valence-electron chi connectivity index (χ3n) is 5.05. The highest BCUT2D eigenvalue weighted by Gasteiger charge is 2.46. The Bertz CT molecular complexity index is 764. The minimum Gasteiger partial charge on any atom is -0.472 e. The molecule has 0 N–H and O–H groups in total. The zero-order chi connectivity index (χ0) is 17.4. The van der Waals surface area contributed by atoms with Crippen LogP contribution in [0.2, 0.25) is 0 Å². The Morgan fingerprint density at radius 2 is 1.68 bits per heavy atom. The van der Waals surface area contributed by atoms with Crippen LogP contribution in [0, 0.1) is 11.7 Å². The number of rotatable bonds is 3. The van der Waals surface area contributed by atoms with Crippen molar-refractivity contribution in [2.24, 2.45) is 5.92 Å². The van der Waals surface area contributed by atoms with Gasteiger partial charge in [0.15, 0.2) is 0 Å². The van der Waals surface area contributed by atoms with Gasteiger partial charge >= 0.3 is 0 Å². The molecule has 2 heterocycles. The first-order valence-corrected chi connectivity index (χ1v) is 8.49. The van der Waals surface area contributed by atoms with Crippen LogP contribution in [0.5, 0.6) is 0 Å². The van der Waals surface area contributed by atoms with E-state index in [1.54, 1.807) is 23.1 Å². The molecule has 25 heavy (non-hydrogen) atoms. The molecule has 1 aliphatic carbocycles. The quantitative estimate of drug-likeness (QED) is 0.861. The SMILES string of the molecule is O=C(c1ccoc1)N1CCN(C(=O)[C@@H]2C[C@H]2c2ccc(F)cc2)CC1. The van der Waals surface area contributed by atoms with Crippen LogP contribution in [-0.4, -0.2) is 47.8 Å². The number of carbonyl (C=O) groups is 2. The fraction of sp³-hybridized carbons (Fsp3) is 0.368. The number of piperazine rings is 1. The number of nitrogens with zero attached hydrogens (tertiary/aromatic N) is 2. The maximum Gasteiger partial charge on any atom is 0.257 e. The van der Waals surface area contributed by atoms with Gasteiger partial charge < -0.3 is 14.2 Å². The van der Waals surface area contributed by atoms with Gasteiger partial charge in [-0.05, 0) is 36.1 Å². The van der Waals surface area contributed by atoms with E-state index in [0.29, 0.717) is 31.7 Å². The van der Waals surface area contributed by atoms with Crippen molar-refractivity contribution in [1.82, 2.24) is 9.80 Å². The molecule has 0 unspecified atom stereocenters. The standard InChI is InChI=1S/C19H19FN2O3/c20-15-3-1-13(2-4-15)16-11-17(16)19(24)22-8-6-21(7-9-22)18(23)14-5-10-25-12-14/h1-5,10,12,16-17H,6-9,11H2/t16-,17+/m0/s1. The van der Waals surface area contributed by atoms with Crippen LogP contribution in [0.1, 0.15) is 28.3 Å². The lowest BCUT2D eigenvalue weighted by Gasteiger charge is -2.34. The number of halogens is 1. The molecule has 4 rings (SSSR count). The highest BCUT2D eigenvalue weighted by Crippen LogP contribution is 2.48. The average molecular weight is 342 g/mol. The minimum atomic E-state index is -0.259. The highest BCUT2D eigenvalue weighted by molar-refractivity contribution is 5.94. The Morgan fingerprint density at radius 1 is 1.00 bits per heavy atom. The minimum absolute atomic E-state index is 0.0124. The topological polar surface area (TPSA) is 53.8 Å². The summed E-state index contributed by atoms with van der Waals surface area (Å²) >= 11 is 0. The monoisotopic (exact) mass is 342 g/mol. The normalized spacial score (nSPS) is 22.8. The van der Waals surface area contributed by atoms with Crippen molar-refractivity contribution in [2.75, 3.05) is 26.2 Å². The molecule has 2 aliphatic rings. The van der Waals surface area contributed by atoms with Crippen molar-refractivity contribution < 1.29 is 18.4 Å². The summed E-state index contributed by atoms with van der Waals surface area (Å²) in [5.41, 5.74) is 1.56. The van der Waals surface area contributed by atoms with Crippen molar-refractivity contribution in [3.05, 3.63) is 59.8 Å². The maximum atomic E-state index is 13.0. The van der Waals surface area contributed by atoms with Gasteiger partial charge in [-0.2, -0.15) is 0 Å². The molecule has 1 aromatic carbocycles. The fourth-order valence-corrected chi connectivity index (χ4v) is 3.48. The lowest BCUT2D eigenvalue weighted by atomic mass is 10.1. The molecule has 2 atom stereocenters. The lowest BCUT2D eigenvalue weighted by molar-refractivity contribution is -0.134. The zero-order valence-corrected chi connectivity index (χ0v) is 13.7. The molecule has 6 heteroatoms. The zero-order valence-electron chi connectivity index (χ0n) is 13.7. The predicted molar refractivity (Wildman–Crippen MR) is 88.4 cm³/mol. The second kappa shape index (κ2) is 6.35. The van der Waals surface area contributed by atoms with Gasteiger partial charge in [0, 0.05) is 32.1 Å². The van der Waals surface area contributed by atoms with Crippen LogP contribution in [0.15, 0.2) is 47.3 Å². The number of benzene rings is 1. The fourth-order valence-electron chi connectivity index (χ4n) is 3.48. The van der Waals surface area contributed by atoms with Gasteiger partial charge in [-0.25, -0.2) is 4.39 Å². The van der Waals surface area contributed by atoms with E-state index >= 15 is 0 Å². The largest absolute Gasteiger partial charge is 0.472 e. The van der Waals surface area contributed by atoms with E-state index in [9.17, 15) is 14.0 Å². The molecular weight excluding hydrogens is 323 g/mol. The van der Waals surface area contributed by atoms with Crippen LogP contribution in [0.4, 0.5) is 4.39 Å². The molecule has 1 saturated carbocycles. The van der Waals surface area contributed by atoms with Crippen LogP contribution in [0.25, 0.3) is 0 Å². The van der Waals surface area contributed by atoms with E-state index in [1.165, 1.54) is 24.7 Å². The van der Waals surface area contributed by atoms with Gasteiger partial charge in [-0.3, -0.25) is 9.59 Å². The van der Waals surface area contributed by atoms with Crippen LogP contribution in [0.3, 0.4) is 0 Å². The van der Waals surface area contributed by atoms with E-state index in [0.717, 1.165) is 12.0 Å². The maximum absolute atomic E-state index is 13.0. The molecule has 130 valence electrons. The van der Waals surface area contributed by atoms with E-state index in [4.69, 9.17) is 4.42 Å². The third-order valence-corrected chi connectivity index (χ3v) is 5.05. The Hall–Kier alpha value is -2.63. The van der Waals surface area contributed by atoms with E-state index in [2.05, 4.69) is 0 Å². The van der Waals surface area contributed by atoms with Gasteiger partial charge in [0.1, 0.15) is 12.1 Å². The van der Waals surface area contributed by atoms with Gasteiger partial charge in [0.05, 0.1) is 11.8 Å². The number of amides is 2. The predicted octanol–water partition coefficient (Wildman–Crippen LogP) is 2.51. The van der Waals surface area contributed by atoms with Crippen molar-refractivity contribution in [2.45, 2.75) is 12.3 Å². The van der Waals surface area contributed by atoms with E-state index < -0.39 is 0 Å². The Kier molecular flexibility index (Phi) is 4.03. The Balaban J connectivity index is 1.32. The lowest BCUT2D eigenvalue weighted by Crippen LogP contribution is -2.51. The molecule has 1 aliphatic heterocycles. The van der Waals surface area contributed by atoms with Crippen LogP contribution in [-0.2, 0) is 4.79 Å². The summed E-state index contributed by atoms with van der Waals surface area (Å²) < 4.78 is 18.0. The molecule has 2 aromatic rings. The van der Waals surface area contributed by atoms with Gasteiger partial charge in [0.2, 0.25) is 5.91 Å². The molecule has 5 nitrogen and oxygen atoms in total. The van der Waals surface area contributed by atoms with Gasteiger partial charge in [0.25, 0.3) is 5.91 Å². The van der Waals surface area contributed by atoms with Crippen molar-refractivity contribution in [3.8, 4) is 0 Å². The summed E-state index contributed by atoms with van der Waals surface area (Å²) in [5, 5.41) is 0. The molecule has 1 saturated heterocycles. The van der Waals surface area contributed by atoms with Gasteiger partial charge in [-0.1, -0.05) is 12.1 Å². The second-order valence-corrected chi connectivity index (χ2v) is 6.63. The second-order valence-electron chi connectivity index (χ2n) is 6.63. The summed E-state index contributed by atoms with van der Waals surface area (Å²) in [6.07, 6.45) is 3.74. The molecule has 2 fully saturated rings. The molecule has 0 bridgehead atoms.